The monoisotopic (exact) mass is 532 g/mol. The van der Waals surface area contributed by atoms with Gasteiger partial charge in [-0.05, 0) is 63.2 Å². The van der Waals surface area contributed by atoms with Gasteiger partial charge in [-0.3, -0.25) is 14.4 Å². The van der Waals surface area contributed by atoms with Gasteiger partial charge in [0, 0.05) is 0 Å². The zero-order valence-electron chi connectivity index (χ0n) is 19.4. The number of aliphatic carboxylic acids is 1. The molecule has 0 saturated heterocycles. The van der Waals surface area contributed by atoms with Gasteiger partial charge >= 0.3 is 35.7 Å². The van der Waals surface area contributed by atoms with E-state index in [2.05, 4.69) is 16.4 Å². The third kappa shape index (κ3) is 9.14. The fourth-order valence-electron chi connectivity index (χ4n) is 4.01. The Morgan fingerprint density at radius 1 is 0.794 bits per heavy atom. The first-order chi connectivity index (χ1) is 15.4. The third-order valence-corrected chi connectivity index (χ3v) is 6.36. The van der Waals surface area contributed by atoms with Crippen molar-refractivity contribution in [3.63, 3.8) is 0 Å². The number of hydrogen-bond acceptors (Lipinski definition) is 5. The maximum Gasteiger partial charge on any atom is 0.404 e. The molecule has 2 saturated carbocycles. The number of halogens is 7. The van der Waals surface area contributed by atoms with Crippen LogP contribution in [-0.2, 0) is 23.9 Å². The van der Waals surface area contributed by atoms with Crippen molar-refractivity contribution >= 4 is 29.5 Å². The summed E-state index contributed by atoms with van der Waals surface area (Å²) in [6, 6.07) is 0. The summed E-state index contributed by atoms with van der Waals surface area (Å²) in [5, 5.41) is 9.08. The molecule has 6 nitrogen and oxygen atoms in total. The van der Waals surface area contributed by atoms with Gasteiger partial charge < -0.3 is 14.6 Å². The molecule has 0 aromatic rings. The predicted octanol–water partition coefficient (Wildman–Crippen LogP) is 6.69. The molecule has 0 unspecified atom stereocenters. The SMILES string of the molecule is COC(=O)C1(C(=O)O)CCC(C)CC1.COC(=O)C1(C(F)(F)F)CCC(C)CC1.FS(F)(F)F. The number of rotatable bonds is 3. The smallest absolute Gasteiger partial charge is 0.404 e. The standard InChI is InChI=1S/C10H15F3O2.C10H16O4.F4S/c1-7-3-5-9(6-4-7,8(14)15-2)10(11,12)13;1-7-3-5-10(6-4-7,8(11)12)9(13)14-2;1-5(2,3)4/h7H,3-6H2,1-2H3;7H,3-6H2,1-2H3,(H,11,12);. The fourth-order valence-corrected chi connectivity index (χ4v) is 4.01. The van der Waals surface area contributed by atoms with E-state index in [1.54, 1.807) is 0 Å². The largest absolute Gasteiger partial charge is 0.480 e. The second-order valence-electron chi connectivity index (χ2n) is 8.67. The molecule has 0 radical (unpaired) electrons. The van der Waals surface area contributed by atoms with Crippen LogP contribution >= 0.6 is 11.6 Å². The van der Waals surface area contributed by atoms with Crippen LogP contribution in [0.25, 0.3) is 0 Å². The molecule has 0 spiro atoms. The summed E-state index contributed by atoms with van der Waals surface area (Å²) in [6.45, 7) is 3.97. The fraction of sp³-hybridized carbons (Fsp3) is 0.850. The average Bonchev–Trinajstić information content (AvgIpc) is 2.72. The van der Waals surface area contributed by atoms with E-state index < -0.39 is 46.5 Å². The molecule has 0 heterocycles. The highest BCUT2D eigenvalue weighted by atomic mass is 32.4. The molecule has 2 aliphatic carbocycles. The van der Waals surface area contributed by atoms with Gasteiger partial charge in [-0.25, -0.2) is 0 Å². The Morgan fingerprint density at radius 2 is 1.12 bits per heavy atom. The van der Waals surface area contributed by atoms with Crippen molar-refractivity contribution in [3.8, 4) is 0 Å². The molecule has 0 amide bonds. The highest BCUT2D eigenvalue weighted by molar-refractivity contribution is 8.16. The number of carboxylic acids is 1. The molecule has 2 fully saturated rings. The molecule has 1 N–H and O–H groups in total. The molecule has 2 aliphatic rings. The number of carbonyl (C=O) groups excluding carboxylic acids is 2. The number of ether oxygens (including phenoxy) is 2. The first kappa shape index (κ1) is 32.3. The van der Waals surface area contributed by atoms with Gasteiger partial charge in [-0.15, -0.1) is 0 Å². The molecular weight excluding hydrogens is 501 g/mol. The van der Waals surface area contributed by atoms with Crippen molar-refractivity contribution in [2.75, 3.05) is 14.2 Å². The molecule has 0 aromatic carbocycles. The minimum absolute atomic E-state index is 0.148. The average molecular weight is 533 g/mol. The molecule has 14 heteroatoms. The summed E-state index contributed by atoms with van der Waals surface area (Å²) in [6.07, 6.45) is -1.59. The lowest BCUT2D eigenvalue weighted by molar-refractivity contribution is -0.242. The lowest BCUT2D eigenvalue weighted by Gasteiger charge is -2.37. The Balaban J connectivity index is 0.000000537. The lowest BCUT2D eigenvalue weighted by atomic mass is 9.70. The van der Waals surface area contributed by atoms with Crippen LogP contribution in [-0.4, -0.2) is 43.4 Å². The topological polar surface area (TPSA) is 89.9 Å². The molecule has 34 heavy (non-hydrogen) atoms. The normalized spacial score (nSPS) is 29.9. The van der Waals surface area contributed by atoms with Crippen LogP contribution in [0, 0.1) is 22.7 Å². The predicted molar refractivity (Wildman–Crippen MR) is 110 cm³/mol. The van der Waals surface area contributed by atoms with Crippen molar-refractivity contribution < 1.29 is 57.7 Å². The summed E-state index contributed by atoms with van der Waals surface area (Å²) in [7, 11) is 2.25. The minimum Gasteiger partial charge on any atom is -0.480 e. The van der Waals surface area contributed by atoms with Gasteiger partial charge in [0.25, 0.3) is 0 Å². The van der Waals surface area contributed by atoms with E-state index >= 15 is 0 Å². The Kier molecular flexibility index (Phi) is 12.2. The lowest BCUT2D eigenvalue weighted by Crippen LogP contribution is -2.48. The summed E-state index contributed by atoms with van der Waals surface area (Å²) >= 11 is -6.17. The van der Waals surface area contributed by atoms with Crippen LogP contribution in [0.4, 0.5) is 28.7 Å². The third-order valence-electron chi connectivity index (χ3n) is 6.36. The van der Waals surface area contributed by atoms with Gasteiger partial charge in [0.15, 0.2) is 10.8 Å². The van der Waals surface area contributed by atoms with E-state index in [4.69, 9.17) is 5.11 Å². The second-order valence-corrected chi connectivity index (χ2v) is 9.37. The van der Waals surface area contributed by atoms with Gasteiger partial charge in [-0.1, -0.05) is 29.4 Å². The summed E-state index contributed by atoms with van der Waals surface area (Å²) < 4.78 is 86.5. The molecule has 0 atom stereocenters. The summed E-state index contributed by atoms with van der Waals surface area (Å²) in [5.41, 5.74) is -3.53. The molecule has 2 rings (SSSR count). The number of esters is 2. The van der Waals surface area contributed by atoms with E-state index in [0.29, 0.717) is 31.6 Å². The van der Waals surface area contributed by atoms with Crippen molar-refractivity contribution in [1.29, 1.82) is 0 Å². The van der Waals surface area contributed by atoms with Crippen molar-refractivity contribution in [1.82, 2.24) is 0 Å². The Hall–Kier alpha value is -1.73. The van der Waals surface area contributed by atoms with Crippen LogP contribution in [0.15, 0.2) is 0 Å². The van der Waals surface area contributed by atoms with Crippen LogP contribution in [0.2, 0.25) is 0 Å². The van der Waals surface area contributed by atoms with Crippen molar-refractivity contribution in [2.45, 2.75) is 71.4 Å². The first-order valence-corrected chi connectivity index (χ1v) is 11.7. The number of hydrogen-bond donors (Lipinski definition) is 1. The van der Waals surface area contributed by atoms with E-state index in [1.165, 1.54) is 7.11 Å². The van der Waals surface area contributed by atoms with Crippen LogP contribution in [0.3, 0.4) is 0 Å². The maximum atomic E-state index is 12.9. The first-order valence-electron chi connectivity index (χ1n) is 10.4. The number of methoxy groups -OCH3 is 2. The van der Waals surface area contributed by atoms with E-state index in [0.717, 1.165) is 20.0 Å². The van der Waals surface area contributed by atoms with E-state index in [1.807, 2.05) is 6.92 Å². The molecule has 0 aromatic heterocycles. The molecule has 0 bridgehead atoms. The Bertz CT molecular complexity index is 674. The van der Waals surface area contributed by atoms with Gasteiger partial charge in [0.1, 0.15) is 0 Å². The van der Waals surface area contributed by atoms with Crippen LogP contribution in [0.1, 0.15) is 65.2 Å². The summed E-state index contributed by atoms with van der Waals surface area (Å²) in [5.74, 6) is -2.02. The second kappa shape index (κ2) is 12.8. The zero-order valence-corrected chi connectivity index (χ0v) is 20.2. The van der Waals surface area contributed by atoms with Gasteiger partial charge in [0.2, 0.25) is 0 Å². The van der Waals surface area contributed by atoms with Gasteiger partial charge in [-0.2, -0.15) is 13.2 Å². The number of carboxylic acid groups (broad SMARTS) is 1. The minimum atomic E-state index is -6.17. The molecule has 202 valence electrons. The highest BCUT2D eigenvalue weighted by Crippen LogP contribution is 2.54. The maximum absolute atomic E-state index is 12.9. The van der Waals surface area contributed by atoms with Crippen LogP contribution in [0.5, 0.6) is 0 Å². The number of carbonyl (C=O) groups is 3. The Morgan fingerprint density at radius 3 is 1.38 bits per heavy atom. The highest BCUT2D eigenvalue weighted by Gasteiger charge is 2.61. The molecular formula is C20H31F7O6S. The number of alkyl halides is 3. The van der Waals surface area contributed by atoms with Crippen molar-refractivity contribution in [2.24, 2.45) is 22.7 Å². The molecule has 0 aliphatic heterocycles. The van der Waals surface area contributed by atoms with Gasteiger partial charge in [0.05, 0.1) is 14.2 Å². The van der Waals surface area contributed by atoms with Crippen LogP contribution < -0.4 is 0 Å². The van der Waals surface area contributed by atoms with Crippen molar-refractivity contribution in [3.05, 3.63) is 0 Å². The van der Waals surface area contributed by atoms with E-state index in [-0.39, 0.29) is 18.8 Å². The van der Waals surface area contributed by atoms with E-state index in [9.17, 15) is 43.1 Å². The Labute approximate surface area is 196 Å². The quantitative estimate of drug-likeness (QED) is 0.248. The zero-order chi connectivity index (χ0) is 27.0. The summed E-state index contributed by atoms with van der Waals surface area (Å²) in [4.78, 5) is 33.8.